The lowest BCUT2D eigenvalue weighted by molar-refractivity contribution is 0.0873. The normalized spacial score (nSPS) is 12.3. The van der Waals surface area contributed by atoms with Crippen LogP contribution < -0.4 is 5.32 Å². The Hall–Kier alpha value is -1.65. The Labute approximate surface area is 123 Å². The molecule has 0 bridgehead atoms. The van der Waals surface area contributed by atoms with Crippen LogP contribution in [0, 0.1) is 0 Å². The van der Waals surface area contributed by atoms with Gasteiger partial charge in [0.1, 0.15) is 5.15 Å². The van der Waals surface area contributed by atoms with Crippen LogP contribution in [0.3, 0.4) is 0 Å². The molecule has 0 saturated carbocycles. The number of ether oxygens (including phenoxy) is 1. The van der Waals surface area contributed by atoms with Gasteiger partial charge >= 0.3 is 0 Å². The van der Waals surface area contributed by atoms with E-state index < -0.39 is 0 Å². The Morgan fingerprint density at radius 1 is 1.45 bits per heavy atom. The van der Waals surface area contributed by atoms with E-state index in [0.29, 0.717) is 29.4 Å². The van der Waals surface area contributed by atoms with Gasteiger partial charge in [0.15, 0.2) is 0 Å². The van der Waals surface area contributed by atoms with E-state index in [1.165, 1.54) is 0 Å². The number of aromatic nitrogens is 1. The van der Waals surface area contributed by atoms with Crippen molar-refractivity contribution in [1.82, 2.24) is 10.3 Å². The maximum atomic E-state index is 12.3. The molecule has 0 spiro atoms. The number of pyridine rings is 1. The van der Waals surface area contributed by atoms with E-state index in [2.05, 4.69) is 10.3 Å². The lowest BCUT2D eigenvalue weighted by atomic mass is 10.1. The average molecular weight is 293 g/mol. The molecule has 0 aliphatic heterocycles. The highest BCUT2D eigenvalue weighted by Crippen LogP contribution is 2.20. The van der Waals surface area contributed by atoms with Crippen molar-refractivity contribution in [2.75, 3.05) is 13.2 Å². The molecule has 1 aromatic heterocycles. The average Bonchev–Trinajstić information content (AvgIpc) is 2.44. The van der Waals surface area contributed by atoms with Crippen molar-refractivity contribution < 1.29 is 9.53 Å². The molecule has 1 aromatic carbocycles. The SMILES string of the molecule is CCOCC(C)NC(=O)c1cc(Cl)nc2ccccc12. The number of hydrogen-bond donors (Lipinski definition) is 1. The molecule has 5 heteroatoms. The summed E-state index contributed by atoms with van der Waals surface area (Å²) in [7, 11) is 0. The molecule has 1 heterocycles. The fourth-order valence-electron chi connectivity index (χ4n) is 1.97. The summed E-state index contributed by atoms with van der Waals surface area (Å²) in [6.45, 7) is 4.94. The molecular weight excluding hydrogens is 276 g/mol. The molecule has 1 N–H and O–H groups in total. The number of rotatable bonds is 5. The second-order valence-corrected chi connectivity index (χ2v) is 4.93. The van der Waals surface area contributed by atoms with Gasteiger partial charge in [0, 0.05) is 18.0 Å². The predicted octanol–water partition coefficient (Wildman–Crippen LogP) is 3.04. The molecule has 1 unspecified atom stereocenters. The molecule has 1 atom stereocenters. The van der Waals surface area contributed by atoms with Crippen molar-refractivity contribution in [2.24, 2.45) is 0 Å². The largest absolute Gasteiger partial charge is 0.380 e. The predicted molar refractivity (Wildman–Crippen MR) is 80.2 cm³/mol. The Morgan fingerprint density at radius 3 is 2.95 bits per heavy atom. The monoisotopic (exact) mass is 292 g/mol. The summed E-state index contributed by atoms with van der Waals surface area (Å²) in [4.78, 5) is 16.5. The van der Waals surface area contributed by atoms with Crippen LogP contribution in [0.1, 0.15) is 24.2 Å². The van der Waals surface area contributed by atoms with Crippen LogP contribution in [0.2, 0.25) is 5.15 Å². The third-order valence-corrected chi connectivity index (χ3v) is 3.07. The minimum atomic E-state index is -0.169. The maximum absolute atomic E-state index is 12.3. The number of benzene rings is 1. The topological polar surface area (TPSA) is 51.2 Å². The third kappa shape index (κ3) is 3.46. The summed E-state index contributed by atoms with van der Waals surface area (Å²) >= 11 is 5.97. The number of carbonyl (C=O) groups excluding carboxylic acids is 1. The lowest BCUT2D eigenvalue weighted by Gasteiger charge is -2.14. The van der Waals surface area contributed by atoms with Crippen LogP contribution in [-0.4, -0.2) is 30.1 Å². The van der Waals surface area contributed by atoms with Crippen molar-refractivity contribution in [3.8, 4) is 0 Å². The molecule has 0 radical (unpaired) electrons. The van der Waals surface area contributed by atoms with Gasteiger partial charge in [0.25, 0.3) is 5.91 Å². The van der Waals surface area contributed by atoms with Gasteiger partial charge in [-0.25, -0.2) is 4.98 Å². The quantitative estimate of drug-likeness (QED) is 0.862. The standard InChI is InChI=1S/C15H17ClN2O2/c1-3-20-9-10(2)17-15(19)12-8-14(16)18-13-7-5-4-6-11(12)13/h4-8,10H,3,9H2,1-2H3,(H,17,19). The number of amides is 1. The first-order valence-corrected chi connectivity index (χ1v) is 6.93. The van der Waals surface area contributed by atoms with Crippen molar-refractivity contribution in [3.63, 3.8) is 0 Å². The molecule has 2 aromatic rings. The fraction of sp³-hybridized carbons (Fsp3) is 0.333. The highest BCUT2D eigenvalue weighted by Gasteiger charge is 2.14. The number of para-hydroxylation sites is 1. The molecule has 106 valence electrons. The highest BCUT2D eigenvalue weighted by atomic mass is 35.5. The van der Waals surface area contributed by atoms with E-state index >= 15 is 0 Å². The molecular formula is C15H17ClN2O2. The van der Waals surface area contributed by atoms with Crippen LogP contribution in [0.5, 0.6) is 0 Å². The zero-order valence-electron chi connectivity index (χ0n) is 11.5. The fourth-order valence-corrected chi connectivity index (χ4v) is 2.17. The second-order valence-electron chi connectivity index (χ2n) is 4.54. The second kappa shape index (κ2) is 6.68. The van der Waals surface area contributed by atoms with E-state index in [-0.39, 0.29) is 11.9 Å². The first-order valence-electron chi connectivity index (χ1n) is 6.55. The molecule has 1 amide bonds. The van der Waals surface area contributed by atoms with Crippen molar-refractivity contribution in [1.29, 1.82) is 0 Å². The summed E-state index contributed by atoms with van der Waals surface area (Å²) in [5, 5.41) is 4.00. The van der Waals surface area contributed by atoms with Crippen molar-refractivity contribution in [2.45, 2.75) is 19.9 Å². The molecule has 20 heavy (non-hydrogen) atoms. The number of fused-ring (bicyclic) bond motifs is 1. The Kier molecular flexibility index (Phi) is 4.93. The summed E-state index contributed by atoms with van der Waals surface area (Å²) in [5.41, 5.74) is 1.24. The van der Waals surface area contributed by atoms with Crippen molar-refractivity contribution in [3.05, 3.63) is 41.0 Å². The minimum absolute atomic E-state index is 0.0619. The molecule has 0 aliphatic rings. The Bertz CT molecular complexity index is 616. The smallest absolute Gasteiger partial charge is 0.252 e. The number of nitrogens with one attached hydrogen (secondary N) is 1. The number of carbonyl (C=O) groups is 1. The van der Waals surface area contributed by atoms with E-state index in [1.807, 2.05) is 38.1 Å². The van der Waals surface area contributed by atoms with Crippen LogP contribution in [0.15, 0.2) is 30.3 Å². The van der Waals surface area contributed by atoms with Gasteiger partial charge in [0.05, 0.1) is 17.7 Å². The van der Waals surface area contributed by atoms with Crippen LogP contribution in [-0.2, 0) is 4.74 Å². The summed E-state index contributed by atoms with van der Waals surface area (Å²) in [5.74, 6) is -0.169. The van der Waals surface area contributed by atoms with Crippen LogP contribution in [0.25, 0.3) is 10.9 Å². The van der Waals surface area contributed by atoms with Crippen molar-refractivity contribution >= 4 is 28.4 Å². The van der Waals surface area contributed by atoms with E-state index in [4.69, 9.17) is 16.3 Å². The summed E-state index contributed by atoms with van der Waals surface area (Å²) in [6, 6.07) is 8.96. The Morgan fingerprint density at radius 2 is 2.20 bits per heavy atom. The number of halogens is 1. The van der Waals surface area contributed by atoms with Gasteiger partial charge in [0.2, 0.25) is 0 Å². The van der Waals surface area contributed by atoms with Gasteiger partial charge in [-0.15, -0.1) is 0 Å². The Balaban J connectivity index is 2.25. The molecule has 4 nitrogen and oxygen atoms in total. The molecule has 0 aliphatic carbocycles. The first kappa shape index (κ1) is 14.8. The van der Waals surface area contributed by atoms with Crippen LogP contribution in [0.4, 0.5) is 0 Å². The lowest BCUT2D eigenvalue weighted by Crippen LogP contribution is -2.36. The van der Waals surface area contributed by atoms with E-state index in [0.717, 1.165) is 5.39 Å². The zero-order valence-corrected chi connectivity index (χ0v) is 12.3. The van der Waals surface area contributed by atoms with E-state index in [9.17, 15) is 4.79 Å². The number of hydrogen-bond acceptors (Lipinski definition) is 3. The van der Waals surface area contributed by atoms with Gasteiger partial charge in [-0.1, -0.05) is 29.8 Å². The minimum Gasteiger partial charge on any atom is -0.380 e. The first-order chi connectivity index (χ1) is 9.61. The van der Waals surface area contributed by atoms with E-state index in [1.54, 1.807) is 6.07 Å². The molecule has 2 rings (SSSR count). The maximum Gasteiger partial charge on any atom is 0.252 e. The molecule has 0 fully saturated rings. The van der Waals surface area contributed by atoms with Crippen LogP contribution >= 0.6 is 11.6 Å². The third-order valence-electron chi connectivity index (χ3n) is 2.88. The molecule has 0 saturated heterocycles. The summed E-state index contributed by atoms with van der Waals surface area (Å²) < 4.78 is 5.29. The van der Waals surface area contributed by atoms with Gasteiger partial charge in [-0.3, -0.25) is 4.79 Å². The van der Waals surface area contributed by atoms with Gasteiger partial charge in [-0.05, 0) is 26.0 Å². The number of nitrogens with zero attached hydrogens (tertiary/aromatic N) is 1. The van der Waals surface area contributed by atoms with Gasteiger partial charge < -0.3 is 10.1 Å². The summed E-state index contributed by atoms with van der Waals surface area (Å²) in [6.07, 6.45) is 0. The zero-order chi connectivity index (χ0) is 14.5. The highest BCUT2D eigenvalue weighted by molar-refractivity contribution is 6.30. The van der Waals surface area contributed by atoms with Gasteiger partial charge in [-0.2, -0.15) is 0 Å².